The number of imidazole rings is 1. The second-order valence-corrected chi connectivity index (χ2v) is 7.25. The number of aromatic nitrogens is 2. The molecule has 0 bridgehead atoms. The highest BCUT2D eigenvalue weighted by Gasteiger charge is 2.23. The highest BCUT2D eigenvalue weighted by atomic mass is 35.5. The molecule has 0 unspecified atom stereocenters. The number of amides is 1. The number of likely N-dealkylation sites (N-methyl/N-ethyl adjacent to an activating group) is 1. The average molecular weight is 414 g/mol. The Balaban J connectivity index is 1.54. The fraction of sp³-hybridized carbons (Fsp3) is 0.150. The van der Waals surface area contributed by atoms with E-state index in [1.165, 1.54) is 11.3 Å². The Morgan fingerprint density at radius 1 is 1.21 bits per heavy atom. The summed E-state index contributed by atoms with van der Waals surface area (Å²) in [5.41, 5.74) is 0.906. The van der Waals surface area contributed by atoms with Gasteiger partial charge >= 0.3 is 5.97 Å². The first kappa shape index (κ1) is 18.5. The van der Waals surface area contributed by atoms with Crippen LogP contribution >= 0.6 is 22.9 Å². The molecule has 0 N–H and O–H groups in total. The summed E-state index contributed by atoms with van der Waals surface area (Å²) >= 11 is 7.40. The van der Waals surface area contributed by atoms with E-state index in [-0.39, 0.29) is 23.4 Å². The van der Waals surface area contributed by atoms with Crippen molar-refractivity contribution in [2.45, 2.75) is 6.92 Å². The van der Waals surface area contributed by atoms with E-state index in [1.807, 2.05) is 49.4 Å². The summed E-state index contributed by atoms with van der Waals surface area (Å²) in [5.74, 6) is -0.993. The van der Waals surface area contributed by atoms with Gasteiger partial charge in [-0.25, -0.2) is 9.78 Å². The predicted molar refractivity (Wildman–Crippen MR) is 110 cm³/mol. The standard InChI is InChI=1S/C20H16ClN3O3S/c1-2-23(15-9-5-7-13-6-3-4-8-14(13)15)16(25)12-27-19(26)17-18(21)22-20-24(17)10-11-28-20/h3-11H,2,12H2,1H3. The van der Waals surface area contributed by atoms with Gasteiger partial charge in [0, 0.05) is 23.5 Å². The van der Waals surface area contributed by atoms with Crippen molar-refractivity contribution in [1.29, 1.82) is 0 Å². The van der Waals surface area contributed by atoms with Crippen molar-refractivity contribution in [3.8, 4) is 0 Å². The summed E-state index contributed by atoms with van der Waals surface area (Å²) in [7, 11) is 0. The van der Waals surface area contributed by atoms with Crippen molar-refractivity contribution >= 4 is 56.2 Å². The summed E-state index contributed by atoms with van der Waals surface area (Å²) in [5, 5.41) is 3.85. The highest BCUT2D eigenvalue weighted by molar-refractivity contribution is 7.15. The molecule has 2 heterocycles. The molecule has 0 aliphatic carbocycles. The Labute approximate surface area is 169 Å². The number of fused-ring (bicyclic) bond motifs is 2. The number of carbonyl (C=O) groups excluding carboxylic acids is 2. The normalized spacial score (nSPS) is 11.1. The summed E-state index contributed by atoms with van der Waals surface area (Å²) in [6.07, 6.45) is 1.69. The molecule has 0 aliphatic heterocycles. The maximum Gasteiger partial charge on any atom is 0.359 e. The average Bonchev–Trinajstić information content (AvgIpc) is 3.27. The van der Waals surface area contributed by atoms with Crippen molar-refractivity contribution in [3.05, 3.63) is 64.9 Å². The smallest absolute Gasteiger partial charge is 0.359 e. The van der Waals surface area contributed by atoms with Crippen molar-refractivity contribution in [2.24, 2.45) is 0 Å². The van der Waals surface area contributed by atoms with Crippen LogP contribution in [0, 0.1) is 0 Å². The first-order chi connectivity index (χ1) is 13.6. The van der Waals surface area contributed by atoms with E-state index < -0.39 is 5.97 Å². The third-order valence-electron chi connectivity index (χ3n) is 4.41. The molecule has 4 rings (SSSR count). The number of hydrogen-bond acceptors (Lipinski definition) is 5. The number of esters is 1. The minimum absolute atomic E-state index is 0.0608. The van der Waals surface area contributed by atoms with Crippen LogP contribution in [-0.2, 0) is 9.53 Å². The van der Waals surface area contributed by atoms with Crippen LogP contribution in [0.1, 0.15) is 17.4 Å². The van der Waals surface area contributed by atoms with Crippen molar-refractivity contribution in [2.75, 3.05) is 18.1 Å². The minimum Gasteiger partial charge on any atom is -0.451 e. The third-order valence-corrected chi connectivity index (χ3v) is 5.43. The molecule has 0 fully saturated rings. The molecule has 0 saturated heterocycles. The Morgan fingerprint density at radius 3 is 2.82 bits per heavy atom. The number of rotatable bonds is 5. The van der Waals surface area contributed by atoms with Crippen molar-refractivity contribution in [1.82, 2.24) is 9.38 Å². The van der Waals surface area contributed by atoms with Crippen LogP contribution in [0.5, 0.6) is 0 Å². The summed E-state index contributed by atoms with van der Waals surface area (Å²) in [6.45, 7) is 1.94. The molecule has 0 aliphatic rings. The molecule has 28 heavy (non-hydrogen) atoms. The van der Waals surface area contributed by atoms with Gasteiger partial charge in [-0.05, 0) is 18.4 Å². The predicted octanol–water partition coefficient (Wildman–Crippen LogP) is 4.41. The van der Waals surface area contributed by atoms with Crippen LogP contribution in [0.2, 0.25) is 5.15 Å². The zero-order chi connectivity index (χ0) is 19.7. The molecule has 8 heteroatoms. The molecule has 1 amide bonds. The molecule has 0 atom stereocenters. The molecule has 142 valence electrons. The summed E-state index contributed by atoms with van der Waals surface area (Å²) in [6, 6.07) is 13.6. The van der Waals surface area contributed by atoms with E-state index in [0.29, 0.717) is 11.5 Å². The number of carbonyl (C=O) groups is 2. The van der Waals surface area contributed by atoms with Crippen LogP contribution in [-0.4, -0.2) is 34.4 Å². The van der Waals surface area contributed by atoms with Crippen LogP contribution in [0.15, 0.2) is 54.0 Å². The van der Waals surface area contributed by atoms with Gasteiger partial charge in [-0.15, -0.1) is 11.3 Å². The molecular weight excluding hydrogens is 398 g/mol. The van der Waals surface area contributed by atoms with E-state index in [0.717, 1.165) is 16.5 Å². The number of halogens is 1. The topological polar surface area (TPSA) is 63.9 Å². The second-order valence-electron chi connectivity index (χ2n) is 6.02. The van der Waals surface area contributed by atoms with Crippen LogP contribution in [0.25, 0.3) is 15.7 Å². The van der Waals surface area contributed by atoms with E-state index in [9.17, 15) is 9.59 Å². The van der Waals surface area contributed by atoms with Crippen LogP contribution < -0.4 is 4.90 Å². The number of thiazole rings is 1. The molecule has 4 aromatic rings. The SMILES string of the molecule is CCN(C(=O)COC(=O)c1c(Cl)nc2sccn12)c1cccc2ccccc12. The maximum absolute atomic E-state index is 12.8. The Bertz CT molecular complexity index is 1180. The van der Waals surface area contributed by atoms with Gasteiger partial charge < -0.3 is 9.64 Å². The number of ether oxygens (including phenoxy) is 1. The number of hydrogen-bond donors (Lipinski definition) is 0. The molecule has 0 radical (unpaired) electrons. The first-order valence-electron chi connectivity index (χ1n) is 8.66. The lowest BCUT2D eigenvalue weighted by Gasteiger charge is -2.22. The zero-order valence-electron chi connectivity index (χ0n) is 15.0. The quantitative estimate of drug-likeness (QED) is 0.454. The lowest BCUT2D eigenvalue weighted by molar-refractivity contribution is -0.121. The van der Waals surface area contributed by atoms with Gasteiger partial charge in [0.15, 0.2) is 22.4 Å². The van der Waals surface area contributed by atoms with Gasteiger partial charge in [0.2, 0.25) is 0 Å². The lowest BCUT2D eigenvalue weighted by Crippen LogP contribution is -2.34. The summed E-state index contributed by atoms with van der Waals surface area (Å²) < 4.78 is 6.81. The van der Waals surface area contributed by atoms with E-state index in [4.69, 9.17) is 16.3 Å². The number of benzene rings is 2. The molecular formula is C20H16ClN3O3S. The molecule has 0 saturated carbocycles. The Morgan fingerprint density at radius 2 is 2.00 bits per heavy atom. The van der Waals surface area contributed by atoms with E-state index >= 15 is 0 Å². The zero-order valence-corrected chi connectivity index (χ0v) is 16.5. The van der Waals surface area contributed by atoms with Gasteiger partial charge in [0.05, 0.1) is 5.69 Å². The third kappa shape index (κ3) is 3.23. The number of anilines is 1. The monoisotopic (exact) mass is 413 g/mol. The fourth-order valence-corrected chi connectivity index (χ4v) is 4.15. The molecule has 0 spiro atoms. The van der Waals surface area contributed by atoms with Gasteiger partial charge in [0.25, 0.3) is 5.91 Å². The second kappa shape index (κ2) is 7.61. The van der Waals surface area contributed by atoms with E-state index in [1.54, 1.807) is 20.9 Å². The molecule has 2 aromatic carbocycles. The van der Waals surface area contributed by atoms with Crippen LogP contribution in [0.4, 0.5) is 5.69 Å². The van der Waals surface area contributed by atoms with Gasteiger partial charge in [-0.1, -0.05) is 48.0 Å². The fourth-order valence-electron chi connectivity index (χ4n) is 3.14. The molecule has 6 nitrogen and oxygen atoms in total. The van der Waals surface area contributed by atoms with Crippen molar-refractivity contribution in [3.63, 3.8) is 0 Å². The highest BCUT2D eigenvalue weighted by Crippen LogP contribution is 2.27. The lowest BCUT2D eigenvalue weighted by atomic mass is 10.1. The summed E-state index contributed by atoms with van der Waals surface area (Å²) in [4.78, 5) is 31.6. The van der Waals surface area contributed by atoms with Gasteiger partial charge in [-0.3, -0.25) is 9.20 Å². The Kier molecular flexibility index (Phi) is 5.02. The van der Waals surface area contributed by atoms with Crippen molar-refractivity contribution < 1.29 is 14.3 Å². The van der Waals surface area contributed by atoms with Gasteiger partial charge in [0.1, 0.15) is 0 Å². The van der Waals surface area contributed by atoms with E-state index in [2.05, 4.69) is 4.98 Å². The first-order valence-corrected chi connectivity index (χ1v) is 9.92. The maximum atomic E-state index is 12.8. The molecule has 2 aromatic heterocycles. The van der Waals surface area contributed by atoms with Gasteiger partial charge in [-0.2, -0.15) is 0 Å². The van der Waals surface area contributed by atoms with Crippen LogP contribution in [0.3, 0.4) is 0 Å². The number of nitrogens with zero attached hydrogens (tertiary/aromatic N) is 3. The Hall–Kier alpha value is -2.90. The largest absolute Gasteiger partial charge is 0.451 e. The minimum atomic E-state index is -0.682.